The smallest absolute Gasteiger partial charge is 0.309 e. The van der Waals surface area contributed by atoms with Crippen LogP contribution in [0.15, 0.2) is 66.0 Å². The summed E-state index contributed by atoms with van der Waals surface area (Å²) in [4.78, 5) is 28.2. The maximum Gasteiger partial charge on any atom is 0.309 e. The summed E-state index contributed by atoms with van der Waals surface area (Å²) in [6.45, 7) is 1.66. The second kappa shape index (κ2) is 10.3. The lowest BCUT2D eigenvalue weighted by atomic mass is 10.1. The number of fused-ring (bicyclic) bond motifs is 1. The van der Waals surface area contributed by atoms with Crippen LogP contribution in [0.2, 0.25) is 0 Å². The van der Waals surface area contributed by atoms with Gasteiger partial charge < -0.3 is 20.3 Å². The average Bonchev–Trinajstić information content (AvgIpc) is 3.50. The minimum absolute atomic E-state index is 0.00491. The van der Waals surface area contributed by atoms with Crippen molar-refractivity contribution in [2.75, 3.05) is 31.6 Å². The zero-order valence-corrected chi connectivity index (χ0v) is 18.9. The van der Waals surface area contributed by atoms with Crippen LogP contribution in [-0.4, -0.2) is 38.6 Å². The minimum atomic E-state index is -0.606. The Morgan fingerprint density at radius 3 is 2.56 bits per heavy atom. The van der Waals surface area contributed by atoms with E-state index in [2.05, 4.69) is 39.8 Å². The summed E-state index contributed by atoms with van der Waals surface area (Å²) in [5, 5.41) is 7.59. The molecule has 0 bridgehead atoms. The van der Waals surface area contributed by atoms with Crippen LogP contribution >= 0.6 is 11.3 Å². The van der Waals surface area contributed by atoms with Gasteiger partial charge in [0, 0.05) is 30.2 Å². The molecule has 166 valence electrons. The van der Waals surface area contributed by atoms with Crippen molar-refractivity contribution in [1.29, 1.82) is 0 Å². The largest absolute Gasteiger partial charge is 0.497 e. The molecule has 0 aliphatic carbocycles. The lowest BCUT2D eigenvalue weighted by Crippen LogP contribution is -2.44. The molecular formula is C25H27N3O3S. The number of benzene rings is 2. The lowest BCUT2D eigenvalue weighted by Gasteiger charge is -2.30. The predicted molar refractivity (Wildman–Crippen MR) is 127 cm³/mol. The van der Waals surface area contributed by atoms with Crippen molar-refractivity contribution in [2.45, 2.75) is 18.9 Å². The Kier molecular flexibility index (Phi) is 7.07. The third-order valence-corrected chi connectivity index (χ3v) is 6.66. The van der Waals surface area contributed by atoms with E-state index in [4.69, 9.17) is 4.74 Å². The number of amides is 2. The monoisotopic (exact) mass is 449 g/mol. The van der Waals surface area contributed by atoms with Gasteiger partial charge in [-0.05, 0) is 53.6 Å². The predicted octanol–water partition coefficient (Wildman–Crippen LogP) is 3.34. The van der Waals surface area contributed by atoms with Gasteiger partial charge in [-0.15, -0.1) is 11.3 Å². The average molecular weight is 450 g/mol. The van der Waals surface area contributed by atoms with Gasteiger partial charge in [0.2, 0.25) is 0 Å². The molecule has 0 saturated heterocycles. The van der Waals surface area contributed by atoms with E-state index in [1.165, 1.54) is 16.1 Å². The van der Waals surface area contributed by atoms with Crippen LogP contribution in [0.25, 0.3) is 0 Å². The van der Waals surface area contributed by atoms with E-state index < -0.39 is 11.8 Å². The number of para-hydroxylation sites is 1. The topological polar surface area (TPSA) is 70.7 Å². The van der Waals surface area contributed by atoms with Crippen molar-refractivity contribution in [3.8, 4) is 5.75 Å². The highest BCUT2D eigenvalue weighted by Crippen LogP contribution is 2.36. The van der Waals surface area contributed by atoms with Gasteiger partial charge in [-0.25, -0.2) is 0 Å². The Labute approximate surface area is 192 Å². The number of hydrogen-bond donors (Lipinski definition) is 2. The second-order valence-corrected chi connectivity index (χ2v) is 8.65. The number of carbonyl (C=O) groups is 2. The van der Waals surface area contributed by atoms with Crippen LogP contribution in [0.1, 0.15) is 22.0 Å². The first-order valence-electron chi connectivity index (χ1n) is 10.7. The molecule has 1 atom stereocenters. The summed E-state index contributed by atoms with van der Waals surface area (Å²) in [5.41, 5.74) is 3.58. The fraction of sp³-hybridized carbons (Fsp3) is 0.280. The Balaban J connectivity index is 1.32. The van der Waals surface area contributed by atoms with Gasteiger partial charge in [0.15, 0.2) is 0 Å². The zero-order chi connectivity index (χ0) is 22.3. The Hall–Kier alpha value is -3.32. The highest BCUT2D eigenvalue weighted by Gasteiger charge is 2.28. The van der Waals surface area contributed by atoms with Crippen LogP contribution in [0.5, 0.6) is 5.75 Å². The first-order chi connectivity index (χ1) is 15.7. The summed E-state index contributed by atoms with van der Waals surface area (Å²) < 4.78 is 5.15. The number of carbonyl (C=O) groups excluding carboxylic acids is 2. The minimum Gasteiger partial charge on any atom is -0.497 e. The molecule has 2 amide bonds. The summed E-state index contributed by atoms with van der Waals surface area (Å²) in [5.74, 6) is -0.419. The zero-order valence-electron chi connectivity index (χ0n) is 18.0. The first kappa shape index (κ1) is 21.9. The van der Waals surface area contributed by atoms with E-state index in [9.17, 15) is 9.59 Å². The van der Waals surface area contributed by atoms with Crippen molar-refractivity contribution in [2.24, 2.45) is 0 Å². The number of anilines is 1. The maximum atomic E-state index is 12.4. The van der Waals surface area contributed by atoms with Gasteiger partial charge in [-0.2, -0.15) is 0 Å². The lowest BCUT2D eigenvalue weighted by molar-refractivity contribution is -0.139. The van der Waals surface area contributed by atoms with Crippen LogP contribution in [0, 0.1) is 0 Å². The number of ether oxygens (including phenoxy) is 1. The van der Waals surface area contributed by atoms with E-state index in [0.717, 1.165) is 24.3 Å². The third kappa shape index (κ3) is 5.11. The van der Waals surface area contributed by atoms with Gasteiger partial charge in [0.05, 0.1) is 13.2 Å². The molecule has 0 unspecified atom stereocenters. The molecule has 32 heavy (non-hydrogen) atoms. The number of hydrogen-bond acceptors (Lipinski definition) is 5. The highest BCUT2D eigenvalue weighted by molar-refractivity contribution is 7.10. The number of methoxy groups -OCH3 is 1. The van der Waals surface area contributed by atoms with Gasteiger partial charge >= 0.3 is 11.8 Å². The molecule has 2 N–H and O–H groups in total. The molecule has 0 fully saturated rings. The molecule has 0 radical (unpaired) electrons. The van der Waals surface area contributed by atoms with Crippen molar-refractivity contribution in [1.82, 2.24) is 10.6 Å². The van der Waals surface area contributed by atoms with Gasteiger partial charge in [0.1, 0.15) is 5.75 Å². The summed E-state index contributed by atoms with van der Waals surface area (Å²) in [6, 6.07) is 20.1. The Morgan fingerprint density at radius 1 is 1.03 bits per heavy atom. The molecule has 0 saturated carbocycles. The quantitative estimate of drug-likeness (QED) is 0.518. The van der Waals surface area contributed by atoms with Gasteiger partial charge in [0.25, 0.3) is 0 Å². The maximum absolute atomic E-state index is 12.4. The molecule has 6 nitrogen and oxygen atoms in total. The van der Waals surface area contributed by atoms with Crippen molar-refractivity contribution in [3.05, 3.63) is 82.0 Å². The van der Waals surface area contributed by atoms with Crippen LogP contribution in [-0.2, 0) is 22.4 Å². The highest BCUT2D eigenvalue weighted by atomic mass is 32.1. The van der Waals surface area contributed by atoms with Crippen LogP contribution in [0.3, 0.4) is 0 Å². The normalized spacial score (nSPS) is 13.3. The number of thiophene rings is 1. The molecule has 7 heteroatoms. The molecule has 1 aliphatic rings. The van der Waals surface area contributed by atoms with Gasteiger partial charge in [-0.3, -0.25) is 9.59 Å². The van der Waals surface area contributed by atoms with Crippen molar-refractivity contribution in [3.63, 3.8) is 0 Å². The molecule has 4 rings (SSSR count). The van der Waals surface area contributed by atoms with Crippen LogP contribution in [0.4, 0.5) is 5.69 Å². The third-order valence-electron chi connectivity index (χ3n) is 5.69. The standard InChI is InChI=1S/C25H27N3O3S/c1-31-20-10-8-18(9-11-20)12-14-26-24(29)25(30)27-17-22(23-7-4-16-32-23)28-15-13-19-5-2-3-6-21(19)28/h2-11,16,22H,12-15,17H2,1H3,(H,26,29)(H,27,30)/t22-/m0/s1. The second-order valence-electron chi connectivity index (χ2n) is 7.67. The van der Waals surface area contributed by atoms with Crippen LogP contribution < -0.4 is 20.3 Å². The first-order valence-corrected chi connectivity index (χ1v) is 11.6. The van der Waals surface area contributed by atoms with E-state index in [1.54, 1.807) is 18.4 Å². The molecule has 2 heterocycles. The number of rotatable bonds is 8. The number of nitrogens with one attached hydrogen (secondary N) is 2. The molecule has 1 aliphatic heterocycles. The Bertz CT molecular complexity index is 1050. The SMILES string of the molecule is COc1ccc(CCNC(=O)C(=O)NC[C@@H](c2cccs2)N2CCc3ccccc32)cc1. The van der Waals surface area contributed by atoms with E-state index in [1.807, 2.05) is 41.8 Å². The molecule has 2 aromatic carbocycles. The van der Waals surface area contributed by atoms with E-state index in [0.29, 0.717) is 19.5 Å². The summed E-state index contributed by atoms with van der Waals surface area (Å²) in [6.07, 6.45) is 1.63. The summed E-state index contributed by atoms with van der Waals surface area (Å²) >= 11 is 1.66. The number of nitrogens with zero attached hydrogens (tertiary/aromatic N) is 1. The van der Waals surface area contributed by atoms with E-state index in [-0.39, 0.29) is 6.04 Å². The molecular weight excluding hydrogens is 422 g/mol. The molecule has 3 aromatic rings. The van der Waals surface area contributed by atoms with Crippen molar-refractivity contribution < 1.29 is 14.3 Å². The molecule has 1 aromatic heterocycles. The summed E-state index contributed by atoms with van der Waals surface area (Å²) in [7, 11) is 1.62. The fourth-order valence-corrected chi connectivity index (χ4v) is 4.83. The molecule has 0 spiro atoms. The van der Waals surface area contributed by atoms with E-state index >= 15 is 0 Å². The van der Waals surface area contributed by atoms with Gasteiger partial charge in [-0.1, -0.05) is 36.4 Å². The Morgan fingerprint density at radius 2 is 1.81 bits per heavy atom. The van der Waals surface area contributed by atoms with Crippen molar-refractivity contribution >= 4 is 28.8 Å². The fourth-order valence-electron chi connectivity index (χ4n) is 4.00.